The summed E-state index contributed by atoms with van der Waals surface area (Å²) in [6.45, 7) is 1.51. The van der Waals surface area contributed by atoms with Gasteiger partial charge < -0.3 is 10.2 Å². The fraction of sp³-hybridized carbons (Fsp3) is 0.227. The number of likely N-dealkylation sites (tertiary alicyclic amines) is 1. The number of rotatable bonds is 4. The van der Waals surface area contributed by atoms with Crippen molar-refractivity contribution in [2.75, 3.05) is 23.3 Å². The van der Waals surface area contributed by atoms with Gasteiger partial charge in [0.25, 0.3) is 17.7 Å². The van der Waals surface area contributed by atoms with Gasteiger partial charge in [-0.05, 0) is 61.7 Å². The predicted octanol–water partition coefficient (Wildman–Crippen LogP) is 4.51. The molecular formula is C22H19BrClN3O3. The molecule has 154 valence electrons. The van der Waals surface area contributed by atoms with Crippen molar-refractivity contribution in [3.63, 3.8) is 0 Å². The molecule has 0 aliphatic carbocycles. The number of amides is 3. The minimum absolute atomic E-state index is 0.00726. The Morgan fingerprint density at radius 3 is 2.37 bits per heavy atom. The lowest BCUT2D eigenvalue weighted by atomic mass is 10.1. The lowest BCUT2D eigenvalue weighted by Gasteiger charge is -2.26. The molecule has 2 aliphatic heterocycles. The van der Waals surface area contributed by atoms with E-state index < -0.39 is 11.8 Å². The molecule has 4 rings (SSSR count). The lowest BCUT2D eigenvalue weighted by Crippen LogP contribution is -2.35. The average Bonchev–Trinajstić information content (AvgIpc) is 2.98. The van der Waals surface area contributed by atoms with Gasteiger partial charge in [0.2, 0.25) is 0 Å². The fourth-order valence-corrected chi connectivity index (χ4v) is 4.07. The quantitative estimate of drug-likeness (QED) is 0.643. The molecule has 0 atom stereocenters. The third-order valence-electron chi connectivity index (χ3n) is 5.13. The number of nitrogens with zero attached hydrogens (tertiary/aromatic N) is 2. The Balaban J connectivity index is 1.55. The van der Waals surface area contributed by atoms with Gasteiger partial charge in [-0.3, -0.25) is 14.4 Å². The summed E-state index contributed by atoms with van der Waals surface area (Å²) in [5.41, 5.74) is 1.47. The number of carbonyl (C=O) groups excluding carboxylic acids is 3. The zero-order valence-corrected chi connectivity index (χ0v) is 18.4. The highest BCUT2D eigenvalue weighted by atomic mass is 79.9. The van der Waals surface area contributed by atoms with Crippen LogP contribution in [-0.2, 0) is 9.59 Å². The molecule has 1 saturated heterocycles. The number of anilines is 2. The Hall–Kier alpha value is -2.64. The van der Waals surface area contributed by atoms with E-state index >= 15 is 0 Å². The highest BCUT2D eigenvalue weighted by Crippen LogP contribution is 2.31. The maximum absolute atomic E-state index is 12.9. The molecule has 0 saturated carbocycles. The number of nitrogens with one attached hydrogen (secondary N) is 1. The summed E-state index contributed by atoms with van der Waals surface area (Å²) < 4.78 is 0.831. The first-order valence-corrected chi connectivity index (χ1v) is 10.8. The second-order valence-electron chi connectivity index (χ2n) is 7.17. The Kier molecular flexibility index (Phi) is 5.92. The van der Waals surface area contributed by atoms with Crippen LogP contribution >= 0.6 is 27.5 Å². The highest BCUT2D eigenvalue weighted by Gasteiger charge is 2.39. The van der Waals surface area contributed by atoms with Crippen molar-refractivity contribution in [1.82, 2.24) is 4.90 Å². The maximum atomic E-state index is 12.9. The van der Waals surface area contributed by atoms with Crippen LogP contribution in [0, 0.1) is 0 Å². The smallest absolute Gasteiger partial charge is 0.283 e. The van der Waals surface area contributed by atoms with Gasteiger partial charge in [0.05, 0.1) is 5.69 Å². The molecule has 0 aromatic heterocycles. The Labute approximate surface area is 187 Å². The third kappa shape index (κ3) is 4.00. The van der Waals surface area contributed by atoms with E-state index in [0.717, 1.165) is 41.7 Å². The van der Waals surface area contributed by atoms with Crippen LogP contribution in [0.4, 0.5) is 11.4 Å². The Morgan fingerprint density at radius 1 is 0.967 bits per heavy atom. The SMILES string of the molecule is O=C(c1cccc(NC2=C(Cl)C(=O)N(c3ccc(Br)cc3)C2=O)c1)N1CCCCC1. The molecule has 1 fully saturated rings. The molecule has 8 heteroatoms. The summed E-state index contributed by atoms with van der Waals surface area (Å²) >= 11 is 9.53. The van der Waals surface area contributed by atoms with E-state index in [1.54, 1.807) is 48.5 Å². The Morgan fingerprint density at radius 2 is 1.67 bits per heavy atom. The van der Waals surface area contributed by atoms with Gasteiger partial charge in [0, 0.05) is 28.8 Å². The second-order valence-corrected chi connectivity index (χ2v) is 8.46. The van der Waals surface area contributed by atoms with Crippen LogP contribution in [0.3, 0.4) is 0 Å². The van der Waals surface area contributed by atoms with Crippen LogP contribution < -0.4 is 10.2 Å². The van der Waals surface area contributed by atoms with Gasteiger partial charge >= 0.3 is 0 Å². The van der Waals surface area contributed by atoms with E-state index in [9.17, 15) is 14.4 Å². The molecule has 2 heterocycles. The van der Waals surface area contributed by atoms with Gasteiger partial charge in [-0.25, -0.2) is 4.90 Å². The van der Waals surface area contributed by atoms with Gasteiger partial charge in [0.15, 0.2) is 0 Å². The number of hydrogen-bond donors (Lipinski definition) is 1. The number of piperidine rings is 1. The van der Waals surface area contributed by atoms with Crippen molar-refractivity contribution in [2.24, 2.45) is 0 Å². The monoisotopic (exact) mass is 487 g/mol. The number of hydrogen-bond acceptors (Lipinski definition) is 4. The molecule has 1 N–H and O–H groups in total. The van der Waals surface area contributed by atoms with E-state index in [1.807, 2.05) is 4.90 Å². The molecule has 0 bridgehead atoms. The first kappa shape index (κ1) is 20.6. The molecule has 3 amide bonds. The van der Waals surface area contributed by atoms with Gasteiger partial charge in [-0.1, -0.05) is 33.6 Å². The van der Waals surface area contributed by atoms with Crippen molar-refractivity contribution in [3.8, 4) is 0 Å². The van der Waals surface area contributed by atoms with Crippen LogP contribution in [0.25, 0.3) is 0 Å². The van der Waals surface area contributed by atoms with Crippen molar-refractivity contribution in [3.05, 3.63) is 69.3 Å². The van der Waals surface area contributed by atoms with Crippen LogP contribution in [0.15, 0.2) is 63.7 Å². The van der Waals surface area contributed by atoms with Gasteiger partial charge in [-0.2, -0.15) is 0 Å². The molecule has 2 aliphatic rings. The number of halogens is 2. The average molecular weight is 489 g/mol. The van der Waals surface area contributed by atoms with E-state index in [2.05, 4.69) is 21.2 Å². The summed E-state index contributed by atoms with van der Waals surface area (Å²) in [6.07, 6.45) is 3.16. The van der Waals surface area contributed by atoms with E-state index in [-0.39, 0.29) is 16.6 Å². The van der Waals surface area contributed by atoms with Gasteiger partial charge in [-0.15, -0.1) is 0 Å². The molecular weight excluding hydrogens is 470 g/mol. The predicted molar refractivity (Wildman–Crippen MR) is 119 cm³/mol. The number of imide groups is 1. The molecule has 0 spiro atoms. The minimum atomic E-state index is -0.591. The zero-order valence-electron chi connectivity index (χ0n) is 16.0. The van der Waals surface area contributed by atoms with Crippen molar-refractivity contribution in [2.45, 2.75) is 19.3 Å². The maximum Gasteiger partial charge on any atom is 0.283 e. The standard InChI is InChI=1S/C22H19BrClN3O3/c23-15-7-9-17(10-8-15)27-21(29)18(24)19(22(27)30)25-16-6-4-5-14(13-16)20(28)26-11-2-1-3-12-26/h4-10,13,25H,1-3,11-12H2. The summed E-state index contributed by atoms with van der Waals surface area (Å²) in [7, 11) is 0. The fourth-order valence-electron chi connectivity index (χ4n) is 3.59. The summed E-state index contributed by atoms with van der Waals surface area (Å²) in [5.74, 6) is -1.17. The lowest BCUT2D eigenvalue weighted by molar-refractivity contribution is -0.120. The summed E-state index contributed by atoms with van der Waals surface area (Å²) in [4.78, 5) is 41.1. The third-order valence-corrected chi connectivity index (χ3v) is 6.01. The first-order chi connectivity index (χ1) is 14.5. The van der Waals surface area contributed by atoms with E-state index in [0.29, 0.717) is 16.9 Å². The minimum Gasteiger partial charge on any atom is -0.350 e. The van der Waals surface area contributed by atoms with Crippen LogP contribution in [0.5, 0.6) is 0 Å². The zero-order chi connectivity index (χ0) is 21.3. The largest absolute Gasteiger partial charge is 0.350 e. The van der Waals surface area contributed by atoms with Crippen molar-refractivity contribution >= 4 is 56.6 Å². The van der Waals surface area contributed by atoms with E-state index in [1.165, 1.54) is 0 Å². The molecule has 2 aromatic rings. The molecule has 2 aromatic carbocycles. The topological polar surface area (TPSA) is 69.7 Å². The van der Waals surface area contributed by atoms with E-state index in [4.69, 9.17) is 11.6 Å². The molecule has 6 nitrogen and oxygen atoms in total. The first-order valence-electron chi connectivity index (χ1n) is 9.66. The summed E-state index contributed by atoms with van der Waals surface area (Å²) in [6, 6.07) is 13.7. The van der Waals surface area contributed by atoms with Crippen molar-refractivity contribution < 1.29 is 14.4 Å². The van der Waals surface area contributed by atoms with Crippen LogP contribution in [0.2, 0.25) is 0 Å². The van der Waals surface area contributed by atoms with Crippen LogP contribution in [-0.4, -0.2) is 35.7 Å². The second kappa shape index (κ2) is 8.62. The van der Waals surface area contributed by atoms with Crippen LogP contribution in [0.1, 0.15) is 29.6 Å². The number of benzene rings is 2. The normalized spacial score (nSPS) is 17.0. The van der Waals surface area contributed by atoms with Gasteiger partial charge in [0.1, 0.15) is 10.7 Å². The van der Waals surface area contributed by atoms with Crippen molar-refractivity contribution in [1.29, 1.82) is 0 Å². The highest BCUT2D eigenvalue weighted by molar-refractivity contribution is 9.10. The molecule has 0 unspecified atom stereocenters. The number of carbonyl (C=O) groups is 3. The summed E-state index contributed by atoms with van der Waals surface area (Å²) in [5, 5.41) is 2.75. The molecule has 30 heavy (non-hydrogen) atoms. The molecule has 0 radical (unpaired) electrons. The Bertz CT molecular complexity index is 1050.